The Labute approximate surface area is 108 Å². The number of anilines is 1. The second-order valence-electron chi connectivity index (χ2n) is 4.91. The summed E-state index contributed by atoms with van der Waals surface area (Å²) in [6, 6.07) is 10.0. The van der Waals surface area contributed by atoms with Gasteiger partial charge in [-0.1, -0.05) is 25.1 Å². The maximum Gasteiger partial charge on any atom is 0.244 e. The summed E-state index contributed by atoms with van der Waals surface area (Å²) >= 11 is 0. The third-order valence-electron chi connectivity index (χ3n) is 3.30. The zero-order valence-corrected chi connectivity index (χ0v) is 11.0. The minimum absolute atomic E-state index is 0.109. The number of nitrogens with zero attached hydrogens (tertiary/aromatic N) is 1. The zero-order valence-electron chi connectivity index (χ0n) is 11.0. The van der Waals surface area contributed by atoms with Crippen LogP contribution in [0.25, 0.3) is 0 Å². The predicted molar refractivity (Wildman–Crippen MR) is 73.7 cm³/mol. The van der Waals surface area contributed by atoms with Crippen molar-refractivity contribution in [1.82, 2.24) is 10.6 Å². The van der Waals surface area contributed by atoms with Crippen molar-refractivity contribution >= 4 is 11.6 Å². The molecule has 1 saturated heterocycles. The van der Waals surface area contributed by atoms with E-state index < -0.39 is 0 Å². The summed E-state index contributed by atoms with van der Waals surface area (Å²) in [5.74, 6) is 0.563. The van der Waals surface area contributed by atoms with Crippen LogP contribution in [0.4, 0.5) is 5.69 Å². The number of carbonyl (C=O) groups excluding carboxylic acids is 1. The summed E-state index contributed by atoms with van der Waals surface area (Å²) < 4.78 is 0. The van der Waals surface area contributed by atoms with E-state index in [1.54, 1.807) is 0 Å². The normalized spacial score (nSPS) is 24.6. The van der Waals surface area contributed by atoms with Crippen LogP contribution in [0.1, 0.15) is 6.92 Å². The summed E-state index contributed by atoms with van der Waals surface area (Å²) in [5.41, 5.74) is 1.11. The van der Waals surface area contributed by atoms with Gasteiger partial charge in [0.1, 0.15) is 6.04 Å². The lowest BCUT2D eigenvalue weighted by atomic mass is 10.1. The average molecular weight is 247 g/mol. The summed E-state index contributed by atoms with van der Waals surface area (Å²) in [5, 5.41) is 6.12. The van der Waals surface area contributed by atoms with Gasteiger partial charge in [-0.3, -0.25) is 4.79 Å². The quantitative estimate of drug-likeness (QED) is 0.832. The molecule has 4 nitrogen and oxygen atoms in total. The maximum atomic E-state index is 12.1. The maximum absolute atomic E-state index is 12.1. The highest BCUT2D eigenvalue weighted by Crippen LogP contribution is 2.20. The van der Waals surface area contributed by atoms with Gasteiger partial charge in [0.15, 0.2) is 0 Å². The zero-order chi connectivity index (χ0) is 13.0. The SMILES string of the molecule is CNCC1C(=O)NCC(C)CN1c1ccccc1. The molecule has 2 unspecified atom stereocenters. The van der Waals surface area contributed by atoms with Crippen LogP contribution < -0.4 is 15.5 Å². The molecule has 0 aromatic heterocycles. The molecule has 1 aliphatic heterocycles. The summed E-state index contributed by atoms with van der Waals surface area (Å²) in [6.07, 6.45) is 0. The van der Waals surface area contributed by atoms with Crippen LogP contribution in [0.5, 0.6) is 0 Å². The molecular formula is C14H21N3O. The second-order valence-corrected chi connectivity index (χ2v) is 4.91. The van der Waals surface area contributed by atoms with Gasteiger partial charge in [0.25, 0.3) is 0 Å². The van der Waals surface area contributed by atoms with Crippen molar-refractivity contribution in [3.63, 3.8) is 0 Å². The van der Waals surface area contributed by atoms with Gasteiger partial charge in [0.2, 0.25) is 5.91 Å². The Morgan fingerprint density at radius 3 is 2.78 bits per heavy atom. The average Bonchev–Trinajstić information content (AvgIpc) is 2.53. The van der Waals surface area contributed by atoms with E-state index in [-0.39, 0.29) is 11.9 Å². The van der Waals surface area contributed by atoms with E-state index in [1.807, 2.05) is 25.2 Å². The Bertz CT molecular complexity index is 393. The molecule has 0 aliphatic carbocycles. The minimum Gasteiger partial charge on any atom is -0.358 e. The second kappa shape index (κ2) is 5.87. The largest absolute Gasteiger partial charge is 0.358 e. The van der Waals surface area contributed by atoms with Gasteiger partial charge in [0, 0.05) is 25.3 Å². The molecule has 18 heavy (non-hydrogen) atoms. The molecule has 0 bridgehead atoms. The number of nitrogens with one attached hydrogen (secondary N) is 2. The summed E-state index contributed by atoms with van der Waals surface area (Å²) in [4.78, 5) is 14.3. The molecule has 1 aromatic rings. The molecule has 1 amide bonds. The third-order valence-corrected chi connectivity index (χ3v) is 3.30. The standard InChI is InChI=1S/C14H21N3O/c1-11-8-16-14(18)13(9-15-2)17(10-11)12-6-4-3-5-7-12/h3-7,11,13,15H,8-10H2,1-2H3,(H,16,18). The van der Waals surface area contributed by atoms with E-state index in [2.05, 4.69) is 34.6 Å². The molecule has 1 aliphatic rings. The molecule has 0 saturated carbocycles. The lowest BCUT2D eigenvalue weighted by molar-refractivity contribution is -0.122. The fourth-order valence-electron chi connectivity index (χ4n) is 2.36. The smallest absolute Gasteiger partial charge is 0.244 e. The molecule has 4 heteroatoms. The molecule has 1 fully saturated rings. The van der Waals surface area contributed by atoms with E-state index in [4.69, 9.17) is 0 Å². The van der Waals surface area contributed by atoms with Crippen molar-refractivity contribution < 1.29 is 4.79 Å². The lowest BCUT2D eigenvalue weighted by Crippen LogP contribution is -2.49. The first-order valence-corrected chi connectivity index (χ1v) is 6.46. The van der Waals surface area contributed by atoms with Crippen LogP contribution >= 0.6 is 0 Å². The van der Waals surface area contributed by atoms with Crippen LogP contribution in [0, 0.1) is 5.92 Å². The molecular weight excluding hydrogens is 226 g/mol. The highest BCUT2D eigenvalue weighted by atomic mass is 16.2. The van der Waals surface area contributed by atoms with Crippen molar-refractivity contribution in [2.45, 2.75) is 13.0 Å². The Kier molecular flexibility index (Phi) is 4.20. The van der Waals surface area contributed by atoms with E-state index in [0.29, 0.717) is 12.5 Å². The summed E-state index contributed by atoms with van der Waals surface area (Å²) in [6.45, 7) is 4.48. The van der Waals surface area contributed by atoms with E-state index in [9.17, 15) is 4.79 Å². The molecule has 98 valence electrons. The van der Waals surface area contributed by atoms with Crippen molar-refractivity contribution in [2.75, 3.05) is 31.6 Å². The van der Waals surface area contributed by atoms with E-state index in [0.717, 1.165) is 18.8 Å². The molecule has 0 radical (unpaired) electrons. The van der Waals surface area contributed by atoms with Gasteiger partial charge in [-0.25, -0.2) is 0 Å². The lowest BCUT2D eigenvalue weighted by Gasteiger charge is -2.31. The van der Waals surface area contributed by atoms with Gasteiger partial charge in [-0.05, 0) is 25.1 Å². The van der Waals surface area contributed by atoms with E-state index >= 15 is 0 Å². The number of likely N-dealkylation sites (N-methyl/N-ethyl adjacent to an activating group) is 1. The van der Waals surface area contributed by atoms with Gasteiger partial charge < -0.3 is 15.5 Å². The Morgan fingerprint density at radius 1 is 1.39 bits per heavy atom. The van der Waals surface area contributed by atoms with Gasteiger partial charge in [0.05, 0.1) is 0 Å². The number of carbonyl (C=O) groups is 1. The highest BCUT2D eigenvalue weighted by molar-refractivity contribution is 5.86. The Morgan fingerprint density at radius 2 is 2.11 bits per heavy atom. The fourth-order valence-corrected chi connectivity index (χ4v) is 2.36. The van der Waals surface area contributed by atoms with E-state index in [1.165, 1.54) is 0 Å². The number of amides is 1. The van der Waals surface area contributed by atoms with Gasteiger partial charge in [-0.2, -0.15) is 0 Å². The first-order valence-electron chi connectivity index (χ1n) is 6.46. The van der Waals surface area contributed by atoms with Crippen LogP contribution in [0.15, 0.2) is 30.3 Å². The molecule has 0 spiro atoms. The third kappa shape index (κ3) is 2.82. The van der Waals surface area contributed by atoms with Crippen molar-refractivity contribution in [2.24, 2.45) is 5.92 Å². The predicted octanol–water partition coefficient (Wildman–Crippen LogP) is 0.847. The monoisotopic (exact) mass is 247 g/mol. The van der Waals surface area contributed by atoms with Crippen LogP contribution in [0.3, 0.4) is 0 Å². The van der Waals surface area contributed by atoms with Crippen LogP contribution in [0.2, 0.25) is 0 Å². The number of hydrogen-bond acceptors (Lipinski definition) is 3. The number of para-hydroxylation sites is 1. The number of rotatable bonds is 3. The van der Waals surface area contributed by atoms with Crippen LogP contribution in [-0.2, 0) is 4.79 Å². The molecule has 1 heterocycles. The van der Waals surface area contributed by atoms with Crippen molar-refractivity contribution in [3.05, 3.63) is 30.3 Å². The fraction of sp³-hybridized carbons (Fsp3) is 0.500. The molecule has 2 atom stereocenters. The number of benzene rings is 1. The Balaban J connectivity index is 2.28. The van der Waals surface area contributed by atoms with Crippen LogP contribution in [-0.4, -0.2) is 38.6 Å². The van der Waals surface area contributed by atoms with Crippen molar-refractivity contribution in [1.29, 1.82) is 0 Å². The number of hydrogen-bond donors (Lipinski definition) is 2. The molecule has 1 aromatic carbocycles. The first-order chi connectivity index (χ1) is 8.72. The highest BCUT2D eigenvalue weighted by Gasteiger charge is 2.29. The van der Waals surface area contributed by atoms with Gasteiger partial charge in [-0.15, -0.1) is 0 Å². The molecule has 2 N–H and O–H groups in total. The van der Waals surface area contributed by atoms with Gasteiger partial charge >= 0.3 is 0 Å². The first kappa shape index (κ1) is 12.9. The Hall–Kier alpha value is -1.55. The minimum atomic E-state index is -0.137. The summed E-state index contributed by atoms with van der Waals surface area (Å²) in [7, 11) is 1.88. The molecule has 2 rings (SSSR count). The topological polar surface area (TPSA) is 44.4 Å². The van der Waals surface area contributed by atoms with Crippen molar-refractivity contribution in [3.8, 4) is 0 Å².